The molecule has 2 N–H and O–H groups in total. The van der Waals surface area contributed by atoms with Crippen LogP contribution >= 0.6 is 0 Å². The SMILES string of the molecule is Cc1nc(N)nc2c1C(=NOC[C@@H]1CCN(C(=O)OC(C)(C)C)C1)CC(c1ccc(F)cc1-c1cccnc1)C2. The zero-order chi connectivity index (χ0) is 28.4. The number of fused-ring (bicyclic) bond motifs is 1. The van der Waals surface area contributed by atoms with E-state index < -0.39 is 5.60 Å². The van der Waals surface area contributed by atoms with E-state index in [9.17, 15) is 9.18 Å². The summed E-state index contributed by atoms with van der Waals surface area (Å²) in [5, 5.41) is 4.58. The van der Waals surface area contributed by atoms with Gasteiger partial charge in [0, 0.05) is 48.9 Å². The summed E-state index contributed by atoms with van der Waals surface area (Å²) < 4.78 is 19.9. The number of nitrogens with two attached hydrogens (primary N) is 1. The average Bonchev–Trinajstić information content (AvgIpc) is 3.37. The van der Waals surface area contributed by atoms with Gasteiger partial charge in [-0.05, 0) is 75.8 Å². The van der Waals surface area contributed by atoms with Crippen molar-refractivity contribution >= 4 is 17.8 Å². The third kappa shape index (κ3) is 6.21. The molecule has 1 aromatic carbocycles. The van der Waals surface area contributed by atoms with Crippen LogP contribution in [0.3, 0.4) is 0 Å². The van der Waals surface area contributed by atoms with Crippen LogP contribution in [-0.4, -0.2) is 57.0 Å². The highest BCUT2D eigenvalue weighted by atomic mass is 19.1. The molecule has 5 rings (SSSR count). The minimum Gasteiger partial charge on any atom is -0.444 e. The summed E-state index contributed by atoms with van der Waals surface area (Å²) in [5.41, 5.74) is 11.2. The molecule has 2 aliphatic rings. The van der Waals surface area contributed by atoms with E-state index in [0.29, 0.717) is 32.5 Å². The molecule has 210 valence electrons. The molecular formula is C30H35FN6O3. The number of likely N-dealkylation sites (tertiary alicyclic amines) is 1. The number of aryl methyl sites for hydroxylation is 1. The second-order valence-electron chi connectivity index (χ2n) is 11.5. The molecule has 1 unspecified atom stereocenters. The minimum absolute atomic E-state index is 0.0338. The molecule has 1 fully saturated rings. The number of nitrogen functional groups attached to an aromatic ring is 1. The summed E-state index contributed by atoms with van der Waals surface area (Å²) in [7, 11) is 0. The Morgan fingerprint density at radius 2 is 2.05 bits per heavy atom. The van der Waals surface area contributed by atoms with Gasteiger partial charge in [-0.2, -0.15) is 0 Å². The van der Waals surface area contributed by atoms with Gasteiger partial charge in [0.15, 0.2) is 0 Å². The Bertz CT molecular complexity index is 1420. The van der Waals surface area contributed by atoms with Crippen LogP contribution in [-0.2, 0) is 16.0 Å². The fraction of sp³-hybridized carbons (Fsp3) is 0.433. The van der Waals surface area contributed by atoms with E-state index in [0.717, 1.165) is 45.8 Å². The summed E-state index contributed by atoms with van der Waals surface area (Å²) in [4.78, 5) is 33.2. The number of rotatable bonds is 5. The predicted molar refractivity (Wildman–Crippen MR) is 150 cm³/mol. The number of hydrogen-bond donors (Lipinski definition) is 1. The Balaban J connectivity index is 1.38. The number of halogens is 1. The van der Waals surface area contributed by atoms with Crippen LogP contribution in [0.25, 0.3) is 11.1 Å². The third-order valence-corrected chi connectivity index (χ3v) is 7.20. The van der Waals surface area contributed by atoms with Gasteiger partial charge in [0.05, 0.1) is 17.1 Å². The summed E-state index contributed by atoms with van der Waals surface area (Å²) in [6.07, 6.45) is 5.11. The van der Waals surface area contributed by atoms with Crippen molar-refractivity contribution in [3.63, 3.8) is 0 Å². The monoisotopic (exact) mass is 546 g/mol. The van der Waals surface area contributed by atoms with Gasteiger partial charge in [-0.15, -0.1) is 0 Å². The van der Waals surface area contributed by atoms with Crippen molar-refractivity contribution in [1.29, 1.82) is 0 Å². The van der Waals surface area contributed by atoms with Crippen LogP contribution in [0.4, 0.5) is 15.1 Å². The first-order chi connectivity index (χ1) is 19.1. The molecule has 1 amide bonds. The number of pyridine rings is 1. The van der Waals surface area contributed by atoms with E-state index in [1.54, 1.807) is 23.4 Å². The maximum atomic E-state index is 14.4. The number of anilines is 1. The molecule has 3 aromatic rings. The number of hydrogen-bond acceptors (Lipinski definition) is 8. The largest absolute Gasteiger partial charge is 0.444 e. The fourth-order valence-corrected chi connectivity index (χ4v) is 5.46. The first-order valence-corrected chi connectivity index (χ1v) is 13.6. The highest BCUT2D eigenvalue weighted by Crippen LogP contribution is 2.38. The average molecular weight is 547 g/mol. The number of aromatic nitrogens is 3. The Labute approximate surface area is 233 Å². The maximum Gasteiger partial charge on any atom is 0.410 e. The fourth-order valence-electron chi connectivity index (χ4n) is 5.46. The number of ether oxygens (including phenoxy) is 1. The standard InChI is InChI=1S/C30H35FN6O3/c1-18-27-25(35-28(32)34-18)12-21(23-8-7-22(31)14-24(23)20-6-5-10-33-15-20)13-26(27)36-39-17-19-9-11-37(16-19)29(38)40-30(2,3)4/h5-8,10,14-15,19,21H,9,11-13,16-17H2,1-4H3,(H2,32,34,35)/t19-,21?/m1/s1. The van der Waals surface area contributed by atoms with Gasteiger partial charge < -0.3 is 20.2 Å². The summed E-state index contributed by atoms with van der Waals surface area (Å²) in [6.45, 7) is 9.02. The molecule has 2 atom stereocenters. The molecule has 1 aliphatic heterocycles. The Morgan fingerprint density at radius 1 is 1.23 bits per heavy atom. The zero-order valence-electron chi connectivity index (χ0n) is 23.4. The lowest BCUT2D eigenvalue weighted by Crippen LogP contribution is -2.35. The topological polar surface area (TPSA) is 116 Å². The van der Waals surface area contributed by atoms with Gasteiger partial charge in [-0.25, -0.2) is 19.2 Å². The van der Waals surface area contributed by atoms with Gasteiger partial charge in [-0.1, -0.05) is 17.3 Å². The van der Waals surface area contributed by atoms with Crippen molar-refractivity contribution in [1.82, 2.24) is 19.9 Å². The molecule has 1 aliphatic carbocycles. The van der Waals surface area contributed by atoms with Crippen LogP contribution in [0.5, 0.6) is 0 Å². The number of oxime groups is 1. The van der Waals surface area contributed by atoms with E-state index >= 15 is 0 Å². The van der Waals surface area contributed by atoms with E-state index in [1.165, 1.54) is 6.07 Å². The van der Waals surface area contributed by atoms with Crippen LogP contribution in [0.2, 0.25) is 0 Å². The van der Waals surface area contributed by atoms with Gasteiger partial charge in [0.2, 0.25) is 5.95 Å². The van der Waals surface area contributed by atoms with Crippen LogP contribution in [0, 0.1) is 18.7 Å². The summed E-state index contributed by atoms with van der Waals surface area (Å²) >= 11 is 0. The Hall–Kier alpha value is -4.08. The summed E-state index contributed by atoms with van der Waals surface area (Å²) in [6, 6.07) is 8.62. The van der Waals surface area contributed by atoms with E-state index in [-0.39, 0.29) is 29.7 Å². The molecule has 0 bridgehead atoms. The summed E-state index contributed by atoms with van der Waals surface area (Å²) in [5.74, 6) is 0.00894. The van der Waals surface area contributed by atoms with Crippen molar-refractivity contribution in [2.24, 2.45) is 11.1 Å². The molecular weight excluding hydrogens is 511 g/mol. The quantitative estimate of drug-likeness (QED) is 0.433. The first-order valence-electron chi connectivity index (χ1n) is 13.6. The van der Waals surface area contributed by atoms with Gasteiger partial charge >= 0.3 is 6.09 Å². The van der Waals surface area contributed by atoms with E-state index in [1.807, 2.05) is 45.9 Å². The van der Waals surface area contributed by atoms with E-state index in [2.05, 4.69) is 20.1 Å². The molecule has 1 saturated heterocycles. The number of benzene rings is 1. The second kappa shape index (κ2) is 11.2. The molecule has 3 heterocycles. The highest BCUT2D eigenvalue weighted by Gasteiger charge is 2.32. The van der Waals surface area contributed by atoms with Crippen LogP contribution in [0.1, 0.15) is 62.0 Å². The maximum absolute atomic E-state index is 14.4. The number of nitrogens with zero attached hydrogens (tertiary/aromatic N) is 5. The van der Waals surface area contributed by atoms with Gasteiger partial charge in [-0.3, -0.25) is 4.98 Å². The van der Waals surface area contributed by atoms with Crippen molar-refractivity contribution in [3.05, 3.63) is 71.1 Å². The molecule has 0 radical (unpaired) electrons. The molecule has 9 nitrogen and oxygen atoms in total. The minimum atomic E-state index is -0.534. The number of carbonyl (C=O) groups excluding carboxylic acids is 1. The highest BCUT2D eigenvalue weighted by molar-refractivity contribution is 6.03. The molecule has 10 heteroatoms. The van der Waals surface area contributed by atoms with Crippen molar-refractivity contribution in [2.45, 2.75) is 58.5 Å². The third-order valence-electron chi connectivity index (χ3n) is 7.20. The van der Waals surface area contributed by atoms with Gasteiger partial charge in [0.25, 0.3) is 0 Å². The van der Waals surface area contributed by atoms with E-state index in [4.69, 9.17) is 15.3 Å². The van der Waals surface area contributed by atoms with Crippen LogP contribution in [0.15, 0.2) is 47.9 Å². The molecule has 0 saturated carbocycles. The zero-order valence-corrected chi connectivity index (χ0v) is 23.4. The smallest absolute Gasteiger partial charge is 0.410 e. The molecule has 40 heavy (non-hydrogen) atoms. The Kier molecular flexibility index (Phi) is 7.69. The Morgan fingerprint density at radius 3 is 2.80 bits per heavy atom. The van der Waals surface area contributed by atoms with Crippen LogP contribution < -0.4 is 5.73 Å². The number of amides is 1. The predicted octanol–water partition coefficient (Wildman–Crippen LogP) is 5.28. The van der Waals surface area contributed by atoms with Crippen molar-refractivity contribution in [2.75, 3.05) is 25.4 Å². The van der Waals surface area contributed by atoms with Crippen molar-refractivity contribution in [3.8, 4) is 11.1 Å². The molecule has 2 aromatic heterocycles. The normalized spacial score (nSPS) is 19.9. The van der Waals surface area contributed by atoms with Crippen molar-refractivity contribution < 1.29 is 18.8 Å². The lowest BCUT2D eigenvalue weighted by molar-refractivity contribution is 0.0275. The van der Waals surface area contributed by atoms with Gasteiger partial charge in [0.1, 0.15) is 18.0 Å². The number of carbonyl (C=O) groups is 1. The molecule has 0 spiro atoms. The lowest BCUT2D eigenvalue weighted by atomic mass is 9.78. The first kappa shape index (κ1) is 27.5. The second-order valence-corrected chi connectivity index (χ2v) is 11.5. The lowest BCUT2D eigenvalue weighted by Gasteiger charge is -2.28.